The molecule has 0 unspecified atom stereocenters. The number of guanidine groups is 1. The summed E-state index contributed by atoms with van der Waals surface area (Å²) in [5, 5.41) is 4.89. The second kappa shape index (κ2) is 9.07. The Morgan fingerprint density at radius 3 is 2.69 bits per heavy atom. The summed E-state index contributed by atoms with van der Waals surface area (Å²) in [6.45, 7) is 5.34. The zero-order valence-electron chi connectivity index (χ0n) is 14.9. The Morgan fingerprint density at radius 2 is 2.08 bits per heavy atom. The molecule has 2 aliphatic rings. The Morgan fingerprint density at radius 1 is 1.35 bits per heavy atom. The maximum atomic E-state index is 12.6. The lowest BCUT2D eigenvalue weighted by Gasteiger charge is -2.25. The van der Waals surface area contributed by atoms with E-state index in [-0.39, 0.29) is 24.0 Å². The van der Waals surface area contributed by atoms with Gasteiger partial charge in [0.15, 0.2) is 11.7 Å². The Balaban J connectivity index is 0.00000243. The highest BCUT2D eigenvalue weighted by atomic mass is 127. The molecule has 1 aliphatic carbocycles. The molecule has 1 aliphatic heterocycles. The minimum atomic E-state index is -4.36. The molecule has 2 heterocycles. The quantitative estimate of drug-likeness (QED) is 0.373. The van der Waals surface area contributed by atoms with Gasteiger partial charge in [0.25, 0.3) is 0 Å². The smallest absolute Gasteiger partial charge is 0.357 e. The number of hydrogen-bond acceptors (Lipinski definition) is 3. The summed E-state index contributed by atoms with van der Waals surface area (Å²) in [7, 11) is 0. The van der Waals surface area contributed by atoms with Crippen molar-refractivity contribution in [1.29, 1.82) is 0 Å². The van der Waals surface area contributed by atoms with E-state index < -0.39 is 11.9 Å². The van der Waals surface area contributed by atoms with Gasteiger partial charge < -0.3 is 10.2 Å². The molecule has 3 rings (SSSR count). The van der Waals surface area contributed by atoms with Crippen molar-refractivity contribution in [2.24, 2.45) is 10.4 Å². The van der Waals surface area contributed by atoms with Crippen LogP contribution in [0.1, 0.15) is 49.7 Å². The van der Waals surface area contributed by atoms with Crippen LogP contribution in [0.3, 0.4) is 0 Å². The summed E-state index contributed by atoms with van der Waals surface area (Å²) in [5.74, 6) is 0.888. The van der Waals surface area contributed by atoms with E-state index >= 15 is 0 Å². The summed E-state index contributed by atoms with van der Waals surface area (Å²) < 4.78 is 37.8. The Bertz CT molecular complexity index is 611. The molecule has 9 heteroatoms. The molecule has 26 heavy (non-hydrogen) atoms. The fourth-order valence-electron chi connectivity index (χ4n) is 3.89. The van der Waals surface area contributed by atoms with E-state index in [0.29, 0.717) is 23.4 Å². The van der Waals surface area contributed by atoms with Crippen LogP contribution in [0.15, 0.2) is 10.4 Å². The predicted octanol–water partition coefficient (Wildman–Crippen LogP) is 4.55. The lowest BCUT2D eigenvalue weighted by molar-refractivity contribution is -0.140. The van der Waals surface area contributed by atoms with Gasteiger partial charge >= 0.3 is 6.18 Å². The molecular formula is C17H26F3IN4S. The predicted molar refractivity (Wildman–Crippen MR) is 109 cm³/mol. The van der Waals surface area contributed by atoms with Crippen molar-refractivity contribution >= 4 is 41.3 Å². The first kappa shape index (κ1) is 21.7. The molecule has 1 N–H and O–H groups in total. The lowest BCUT2D eigenvalue weighted by atomic mass is 9.86. The molecule has 1 aromatic rings. The van der Waals surface area contributed by atoms with Gasteiger partial charge in [0, 0.05) is 38.0 Å². The van der Waals surface area contributed by atoms with Crippen LogP contribution in [0.4, 0.5) is 13.2 Å². The highest BCUT2D eigenvalue weighted by molar-refractivity contribution is 14.0. The fraction of sp³-hybridized carbons (Fsp3) is 0.765. The Hall–Kier alpha value is -0.580. The molecule has 0 radical (unpaired) electrons. The number of likely N-dealkylation sites (tertiary alicyclic amines) is 1. The lowest BCUT2D eigenvalue weighted by Crippen LogP contribution is -2.41. The number of rotatable bonds is 4. The van der Waals surface area contributed by atoms with Crippen LogP contribution in [-0.2, 0) is 12.6 Å². The van der Waals surface area contributed by atoms with Crippen LogP contribution in [0, 0.1) is 5.41 Å². The number of nitrogens with zero attached hydrogens (tertiary/aromatic N) is 3. The third-order valence-electron chi connectivity index (χ3n) is 5.17. The van der Waals surface area contributed by atoms with Crippen molar-refractivity contribution in [2.75, 3.05) is 26.2 Å². The molecule has 0 atom stereocenters. The van der Waals surface area contributed by atoms with Crippen molar-refractivity contribution in [3.63, 3.8) is 0 Å². The van der Waals surface area contributed by atoms with Gasteiger partial charge in [-0.3, -0.25) is 4.99 Å². The average Bonchev–Trinajstić information content (AvgIpc) is 3.29. The number of halogens is 4. The number of aromatic nitrogens is 1. The molecule has 1 spiro atoms. The van der Waals surface area contributed by atoms with Gasteiger partial charge in [-0.15, -0.1) is 35.3 Å². The van der Waals surface area contributed by atoms with Gasteiger partial charge in [-0.05, 0) is 31.6 Å². The molecule has 1 aromatic heterocycles. The highest BCUT2D eigenvalue weighted by Crippen LogP contribution is 2.45. The van der Waals surface area contributed by atoms with Crippen molar-refractivity contribution in [1.82, 2.24) is 15.2 Å². The van der Waals surface area contributed by atoms with Crippen LogP contribution in [0.5, 0.6) is 0 Å². The van der Waals surface area contributed by atoms with E-state index in [1.165, 1.54) is 32.1 Å². The second-order valence-corrected chi connectivity index (χ2v) is 7.93. The van der Waals surface area contributed by atoms with E-state index in [2.05, 4.69) is 20.2 Å². The molecule has 0 aromatic carbocycles. The van der Waals surface area contributed by atoms with E-state index in [4.69, 9.17) is 0 Å². The van der Waals surface area contributed by atoms with Gasteiger partial charge in [-0.2, -0.15) is 13.2 Å². The zero-order chi connectivity index (χ0) is 17.9. The van der Waals surface area contributed by atoms with Crippen LogP contribution in [0.25, 0.3) is 0 Å². The third-order valence-corrected chi connectivity index (χ3v) is 6.07. The van der Waals surface area contributed by atoms with Gasteiger partial charge in [0.2, 0.25) is 0 Å². The first-order valence-corrected chi connectivity index (χ1v) is 9.85. The minimum absolute atomic E-state index is 0. The number of nitrogens with one attached hydrogen (secondary N) is 1. The molecule has 1 saturated heterocycles. The average molecular weight is 502 g/mol. The van der Waals surface area contributed by atoms with Gasteiger partial charge in [-0.1, -0.05) is 12.8 Å². The molecule has 4 nitrogen and oxygen atoms in total. The molecule has 2 fully saturated rings. The monoisotopic (exact) mass is 502 g/mol. The van der Waals surface area contributed by atoms with Gasteiger partial charge in [0.1, 0.15) is 0 Å². The Kier molecular flexibility index (Phi) is 7.58. The maximum Gasteiger partial charge on any atom is 0.434 e. The first-order chi connectivity index (χ1) is 11.9. The summed E-state index contributed by atoms with van der Waals surface area (Å²) in [5.41, 5.74) is -0.335. The van der Waals surface area contributed by atoms with Crippen molar-refractivity contribution in [3.8, 4) is 0 Å². The normalized spacial score (nSPS) is 19.8. The topological polar surface area (TPSA) is 40.5 Å². The number of hydrogen-bond donors (Lipinski definition) is 1. The van der Waals surface area contributed by atoms with Crippen LogP contribution in [0.2, 0.25) is 0 Å². The van der Waals surface area contributed by atoms with Crippen molar-refractivity contribution in [3.05, 3.63) is 16.1 Å². The molecule has 1 saturated carbocycles. The SMILES string of the molecule is CCNC(=NCCc1nc(C(F)(F)F)cs1)N1CCC2(CCCC2)C1.I. The summed E-state index contributed by atoms with van der Waals surface area (Å²) in [6.07, 6.45) is 2.57. The summed E-state index contributed by atoms with van der Waals surface area (Å²) >= 11 is 1.05. The number of aliphatic imine (C=N–C) groups is 1. The van der Waals surface area contributed by atoms with Crippen LogP contribution in [-0.4, -0.2) is 42.0 Å². The zero-order valence-corrected chi connectivity index (χ0v) is 18.1. The van der Waals surface area contributed by atoms with Crippen LogP contribution >= 0.6 is 35.3 Å². The maximum absolute atomic E-state index is 12.6. The number of thiazole rings is 1. The number of alkyl halides is 3. The molecule has 148 valence electrons. The van der Waals surface area contributed by atoms with E-state index in [1.54, 1.807) is 0 Å². The van der Waals surface area contributed by atoms with Crippen molar-refractivity contribution in [2.45, 2.75) is 51.6 Å². The second-order valence-electron chi connectivity index (χ2n) is 6.99. The molecule has 0 amide bonds. The molecular weight excluding hydrogens is 476 g/mol. The van der Waals surface area contributed by atoms with E-state index in [1.807, 2.05) is 6.92 Å². The molecule has 0 bridgehead atoms. The van der Waals surface area contributed by atoms with Crippen molar-refractivity contribution < 1.29 is 13.2 Å². The summed E-state index contributed by atoms with van der Waals surface area (Å²) in [4.78, 5) is 10.6. The van der Waals surface area contributed by atoms with Gasteiger partial charge in [-0.25, -0.2) is 4.98 Å². The van der Waals surface area contributed by atoms with Crippen LogP contribution < -0.4 is 5.32 Å². The highest BCUT2D eigenvalue weighted by Gasteiger charge is 2.41. The minimum Gasteiger partial charge on any atom is -0.357 e. The van der Waals surface area contributed by atoms with Gasteiger partial charge in [0.05, 0.1) is 5.01 Å². The van der Waals surface area contributed by atoms with E-state index in [0.717, 1.165) is 42.3 Å². The largest absolute Gasteiger partial charge is 0.434 e. The van der Waals surface area contributed by atoms with E-state index in [9.17, 15) is 13.2 Å². The summed E-state index contributed by atoms with van der Waals surface area (Å²) in [6, 6.07) is 0. The Labute approximate surface area is 173 Å². The fourth-order valence-corrected chi connectivity index (χ4v) is 4.68. The third kappa shape index (κ3) is 5.24. The standard InChI is InChI=1S/C17H25F3N4S.HI/c1-2-21-15(24-10-8-16(12-24)6-3-4-7-16)22-9-5-14-23-13(11-25-14)17(18,19)20;/h11H,2-10,12H2,1H3,(H,21,22);1H. The first-order valence-electron chi connectivity index (χ1n) is 8.97.